The van der Waals surface area contributed by atoms with Gasteiger partial charge in [0.2, 0.25) is 10.0 Å². The smallest absolute Gasteiger partial charge is 0.406 e. The van der Waals surface area contributed by atoms with E-state index in [1.54, 1.807) is 0 Å². The van der Waals surface area contributed by atoms with Gasteiger partial charge in [0.15, 0.2) is 0 Å². The highest BCUT2D eigenvalue weighted by Crippen LogP contribution is 2.22. The van der Waals surface area contributed by atoms with Gasteiger partial charge in [-0.1, -0.05) is 28.1 Å². The Bertz CT molecular complexity index is 487. The van der Waals surface area contributed by atoms with Crippen molar-refractivity contribution in [2.24, 2.45) is 0 Å². The molecule has 0 unspecified atom stereocenters. The zero-order valence-corrected chi connectivity index (χ0v) is 11.3. The molecule has 102 valence electrons. The van der Waals surface area contributed by atoms with Crippen molar-refractivity contribution in [2.45, 2.75) is 12.9 Å². The molecule has 1 rings (SSSR count). The summed E-state index contributed by atoms with van der Waals surface area (Å²) in [6.07, 6.45) is -4.74. The molecule has 0 aliphatic heterocycles. The van der Waals surface area contributed by atoms with Gasteiger partial charge in [-0.3, -0.25) is 0 Å². The van der Waals surface area contributed by atoms with Crippen LogP contribution in [0.1, 0.15) is 5.56 Å². The number of halogens is 4. The Balaban J connectivity index is 2.61. The molecular formula is C9H9BrF3NO3S. The molecule has 0 aliphatic rings. The molecule has 9 heteroatoms. The van der Waals surface area contributed by atoms with E-state index in [1.165, 1.54) is 12.1 Å². The number of hydrogen-bond donors (Lipinski definition) is 1. The van der Waals surface area contributed by atoms with Crippen molar-refractivity contribution in [3.8, 4) is 5.75 Å². The third-order valence-corrected chi connectivity index (χ3v) is 4.48. The van der Waals surface area contributed by atoms with Crippen LogP contribution in [0.3, 0.4) is 0 Å². The molecule has 0 fully saturated rings. The zero-order chi connectivity index (χ0) is 13.8. The van der Waals surface area contributed by atoms with Crippen LogP contribution in [-0.4, -0.2) is 19.4 Å². The summed E-state index contributed by atoms with van der Waals surface area (Å²) < 4.78 is 63.5. The summed E-state index contributed by atoms with van der Waals surface area (Å²) in [5, 5.41) is 0. The fraction of sp³-hybridized carbons (Fsp3) is 0.333. The van der Waals surface area contributed by atoms with Crippen LogP contribution in [0, 0.1) is 0 Å². The van der Waals surface area contributed by atoms with Gasteiger partial charge in [-0.05, 0) is 17.7 Å². The minimum atomic E-state index is -4.74. The minimum Gasteiger partial charge on any atom is -0.406 e. The number of ether oxygens (including phenoxy) is 1. The van der Waals surface area contributed by atoms with Crippen LogP contribution in [-0.2, 0) is 16.6 Å². The lowest BCUT2D eigenvalue weighted by atomic mass is 10.2. The van der Waals surface area contributed by atoms with Gasteiger partial charge in [0, 0.05) is 6.54 Å². The number of alkyl halides is 4. The quantitative estimate of drug-likeness (QED) is 0.832. The molecule has 0 saturated heterocycles. The van der Waals surface area contributed by atoms with Crippen LogP contribution in [0.2, 0.25) is 0 Å². The van der Waals surface area contributed by atoms with E-state index in [9.17, 15) is 21.6 Å². The molecule has 0 spiro atoms. The molecule has 0 bridgehead atoms. The van der Waals surface area contributed by atoms with Gasteiger partial charge in [-0.25, -0.2) is 13.1 Å². The van der Waals surface area contributed by atoms with E-state index < -0.39 is 16.4 Å². The molecular weight excluding hydrogens is 339 g/mol. The van der Waals surface area contributed by atoms with Crippen LogP contribution >= 0.6 is 15.9 Å². The van der Waals surface area contributed by atoms with Gasteiger partial charge in [-0.2, -0.15) is 0 Å². The van der Waals surface area contributed by atoms with Gasteiger partial charge in [0.05, 0.1) is 0 Å². The molecule has 0 aromatic heterocycles. The van der Waals surface area contributed by atoms with Crippen molar-refractivity contribution >= 4 is 26.0 Å². The Hall–Kier alpha value is -0.800. The van der Waals surface area contributed by atoms with E-state index in [1.807, 2.05) is 0 Å². The van der Waals surface area contributed by atoms with Crippen molar-refractivity contribution in [3.05, 3.63) is 29.8 Å². The van der Waals surface area contributed by atoms with E-state index in [-0.39, 0.29) is 17.0 Å². The van der Waals surface area contributed by atoms with Crippen molar-refractivity contribution in [2.75, 3.05) is 4.66 Å². The summed E-state index contributed by atoms with van der Waals surface area (Å²) in [5.74, 6) is -0.352. The Kier molecular flexibility index (Phi) is 5.00. The van der Waals surface area contributed by atoms with Gasteiger partial charge in [0.25, 0.3) is 0 Å². The largest absolute Gasteiger partial charge is 0.573 e. The number of nitrogens with one attached hydrogen (secondary N) is 1. The average molecular weight is 348 g/mol. The third kappa shape index (κ3) is 5.69. The van der Waals surface area contributed by atoms with Gasteiger partial charge in [-0.15, -0.1) is 13.2 Å². The SMILES string of the molecule is O=S(=O)(CBr)NCc1ccc(OC(F)(F)F)cc1. The van der Waals surface area contributed by atoms with Crippen molar-refractivity contribution in [3.63, 3.8) is 0 Å². The number of hydrogen-bond acceptors (Lipinski definition) is 3. The lowest BCUT2D eigenvalue weighted by molar-refractivity contribution is -0.274. The van der Waals surface area contributed by atoms with E-state index in [0.717, 1.165) is 12.1 Å². The zero-order valence-electron chi connectivity index (χ0n) is 8.87. The Morgan fingerprint density at radius 1 is 1.22 bits per heavy atom. The van der Waals surface area contributed by atoms with Crippen LogP contribution < -0.4 is 9.46 Å². The summed E-state index contributed by atoms with van der Waals surface area (Å²) in [5.41, 5.74) is 0.522. The molecule has 0 amide bonds. The Morgan fingerprint density at radius 2 is 1.78 bits per heavy atom. The minimum absolute atomic E-state index is 0.000229. The fourth-order valence-electron chi connectivity index (χ4n) is 1.04. The summed E-state index contributed by atoms with van der Waals surface area (Å²) >= 11 is 2.79. The van der Waals surface area contributed by atoms with Crippen LogP contribution in [0.5, 0.6) is 5.75 Å². The van der Waals surface area contributed by atoms with Crippen molar-refractivity contribution in [1.82, 2.24) is 4.72 Å². The maximum atomic E-state index is 11.9. The molecule has 0 radical (unpaired) electrons. The molecule has 0 heterocycles. The molecule has 1 aromatic rings. The lowest BCUT2D eigenvalue weighted by Gasteiger charge is -2.09. The Morgan fingerprint density at radius 3 is 2.22 bits per heavy atom. The number of rotatable bonds is 5. The molecule has 1 aromatic carbocycles. The molecule has 4 nitrogen and oxygen atoms in total. The van der Waals surface area contributed by atoms with Crippen molar-refractivity contribution in [1.29, 1.82) is 0 Å². The first-order valence-corrected chi connectivity index (χ1v) is 7.37. The summed E-state index contributed by atoms with van der Waals surface area (Å²) in [6.45, 7) is 0.000229. The molecule has 0 atom stereocenters. The van der Waals surface area contributed by atoms with Gasteiger partial charge in [0.1, 0.15) is 10.4 Å². The second-order valence-electron chi connectivity index (χ2n) is 3.24. The number of sulfonamides is 1. The summed E-state index contributed by atoms with van der Waals surface area (Å²) in [7, 11) is -3.40. The predicted octanol–water partition coefficient (Wildman–Crippen LogP) is 2.36. The highest BCUT2D eigenvalue weighted by Gasteiger charge is 2.30. The van der Waals surface area contributed by atoms with E-state index >= 15 is 0 Å². The van der Waals surface area contributed by atoms with Crippen LogP contribution in [0.4, 0.5) is 13.2 Å². The molecule has 1 N–H and O–H groups in total. The maximum absolute atomic E-state index is 11.9. The number of benzene rings is 1. The monoisotopic (exact) mass is 347 g/mol. The topological polar surface area (TPSA) is 55.4 Å². The first-order chi connectivity index (χ1) is 8.22. The highest BCUT2D eigenvalue weighted by molar-refractivity contribution is 9.10. The Labute approximate surface area is 110 Å². The van der Waals surface area contributed by atoms with E-state index in [0.29, 0.717) is 5.56 Å². The van der Waals surface area contributed by atoms with E-state index in [2.05, 4.69) is 25.4 Å². The second kappa shape index (κ2) is 5.89. The molecule has 0 saturated carbocycles. The first-order valence-electron chi connectivity index (χ1n) is 4.60. The average Bonchev–Trinajstić information content (AvgIpc) is 2.26. The first kappa shape index (κ1) is 15.3. The second-order valence-corrected chi connectivity index (χ2v) is 6.35. The highest BCUT2D eigenvalue weighted by atomic mass is 79.9. The van der Waals surface area contributed by atoms with Crippen molar-refractivity contribution < 1.29 is 26.3 Å². The third-order valence-electron chi connectivity index (χ3n) is 1.80. The fourth-order valence-corrected chi connectivity index (χ4v) is 1.99. The van der Waals surface area contributed by atoms with Gasteiger partial charge >= 0.3 is 6.36 Å². The normalized spacial score (nSPS) is 12.4. The predicted molar refractivity (Wildman–Crippen MR) is 62.7 cm³/mol. The van der Waals surface area contributed by atoms with Gasteiger partial charge < -0.3 is 4.74 Å². The summed E-state index contributed by atoms with van der Waals surface area (Å²) in [4.78, 5) is 0. The molecule has 18 heavy (non-hydrogen) atoms. The lowest BCUT2D eigenvalue weighted by Crippen LogP contribution is -2.23. The van der Waals surface area contributed by atoms with E-state index in [4.69, 9.17) is 0 Å². The van der Waals surface area contributed by atoms with Crippen LogP contribution in [0.25, 0.3) is 0 Å². The standard InChI is InChI=1S/C9H9BrF3NO3S/c10-6-18(15,16)14-5-7-1-3-8(4-2-7)17-9(11,12)13/h1-4,14H,5-6H2. The van der Waals surface area contributed by atoms with Crippen LogP contribution in [0.15, 0.2) is 24.3 Å². The maximum Gasteiger partial charge on any atom is 0.573 e. The molecule has 0 aliphatic carbocycles. The summed E-state index contributed by atoms with van der Waals surface area (Å²) in [6, 6.07) is 4.92.